The molecule has 3 heterocycles. The van der Waals surface area contributed by atoms with Crippen LogP contribution in [0.25, 0.3) is 0 Å². The molecule has 2 aliphatic heterocycles. The minimum Gasteiger partial charge on any atom is -0.380 e. The molecule has 1 aromatic heterocycles. The Kier molecular flexibility index (Phi) is 4.45. The maximum absolute atomic E-state index is 12.4. The molecule has 0 spiro atoms. The molecule has 0 unspecified atom stereocenters. The van der Waals surface area contributed by atoms with E-state index in [1.807, 2.05) is 12.1 Å². The summed E-state index contributed by atoms with van der Waals surface area (Å²) in [6.07, 6.45) is 4.08. The summed E-state index contributed by atoms with van der Waals surface area (Å²) >= 11 is 0. The van der Waals surface area contributed by atoms with Crippen LogP contribution in [0.5, 0.6) is 0 Å². The van der Waals surface area contributed by atoms with Gasteiger partial charge >= 0.3 is 0 Å². The van der Waals surface area contributed by atoms with E-state index in [0.717, 1.165) is 25.3 Å². The van der Waals surface area contributed by atoms with Crippen molar-refractivity contribution in [2.45, 2.75) is 32.9 Å². The normalized spacial score (nSPS) is 28.0. The number of aromatic nitrogens is 1. The highest BCUT2D eigenvalue weighted by atomic mass is 16.5. The van der Waals surface area contributed by atoms with Gasteiger partial charge in [0.1, 0.15) is 0 Å². The van der Waals surface area contributed by atoms with Crippen LogP contribution in [0.2, 0.25) is 0 Å². The number of pyridine rings is 1. The second-order valence-corrected chi connectivity index (χ2v) is 6.91. The number of rotatable bonds is 5. The van der Waals surface area contributed by atoms with Gasteiger partial charge in [-0.05, 0) is 25.5 Å². The Morgan fingerprint density at radius 3 is 3.18 bits per heavy atom. The highest BCUT2D eigenvalue weighted by Gasteiger charge is 2.51. The zero-order chi connectivity index (χ0) is 15.6. The molecular formula is C17H25N3O2. The summed E-state index contributed by atoms with van der Waals surface area (Å²) in [5.74, 6) is 0.601. The number of carbonyl (C=O) groups excluding carboxylic acids is 1. The van der Waals surface area contributed by atoms with Gasteiger partial charge in [0.15, 0.2) is 0 Å². The molecule has 1 N–H and O–H groups in total. The number of hydrogen-bond donors (Lipinski definition) is 1. The van der Waals surface area contributed by atoms with Crippen LogP contribution in [-0.2, 0) is 16.1 Å². The Labute approximate surface area is 132 Å². The topological polar surface area (TPSA) is 54.5 Å². The van der Waals surface area contributed by atoms with Gasteiger partial charge < -0.3 is 10.1 Å². The summed E-state index contributed by atoms with van der Waals surface area (Å²) in [7, 11) is 0. The number of amides is 1. The predicted molar refractivity (Wildman–Crippen MR) is 84.2 cm³/mol. The van der Waals surface area contributed by atoms with Crippen LogP contribution in [0.3, 0.4) is 0 Å². The van der Waals surface area contributed by atoms with Crippen molar-refractivity contribution >= 4 is 5.91 Å². The molecule has 0 aromatic carbocycles. The van der Waals surface area contributed by atoms with Gasteiger partial charge in [0.25, 0.3) is 0 Å². The van der Waals surface area contributed by atoms with E-state index in [1.165, 1.54) is 0 Å². The quantitative estimate of drug-likeness (QED) is 0.894. The van der Waals surface area contributed by atoms with Gasteiger partial charge in [0.05, 0.1) is 13.2 Å². The largest absolute Gasteiger partial charge is 0.380 e. The summed E-state index contributed by atoms with van der Waals surface area (Å²) in [5.41, 5.74) is 1.03. The highest BCUT2D eigenvalue weighted by molar-refractivity contribution is 5.77. The Hall–Kier alpha value is -1.46. The summed E-state index contributed by atoms with van der Waals surface area (Å²) < 4.78 is 5.69. The van der Waals surface area contributed by atoms with Crippen LogP contribution in [0.1, 0.15) is 25.8 Å². The minimum atomic E-state index is 0.00327. The Balaban J connectivity index is 1.58. The number of carbonyl (C=O) groups is 1. The van der Waals surface area contributed by atoms with E-state index in [1.54, 1.807) is 12.4 Å². The number of fused-ring (bicyclic) bond motifs is 1. The van der Waals surface area contributed by atoms with Gasteiger partial charge in [0, 0.05) is 55.8 Å². The molecule has 0 aliphatic carbocycles. The number of likely N-dealkylation sites (tertiary alicyclic amines) is 1. The lowest BCUT2D eigenvalue weighted by Crippen LogP contribution is -2.38. The zero-order valence-corrected chi connectivity index (χ0v) is 13.4. The number of nitrogens with zero attached hydrogens (tertiary/aromatic N) is 2. The summed E-state index contributed by atoms with van der Waals surface area (Å²) in [6, 6.07) is 4.39. The van der Waals surface area contributed by atoms with Crippen LogP contribution >= 0.6 is 0 Å². The highest BCUT2D eigenvalue weighted by Crippen LogP contribution is 2.44. The predicted octanol–water partition coefficient (Wildman–Crippen LogP) is 1.44. The Bertz CT molecular complexity index is 520. The molecule has 5 nitrogen and oxygen atoms in total. The van der Waals surface area contributed by atoms with Crippen molar-refractivity contribution in [1.82, 2.24) is 15.2 Å². The first-order valence-corrected chi connectivity index (χ1v) is 8.06. The maximum atomic E-state index is 12.4. The molecule has 0 bridgehead atoms. The van der Waals surface area contributed by atoms with Crippen molar-refractivity contribution in [3.63, 3.8) is 0 Å². The van der Waals surface area contributed by atoms with Crippen LogP contribution in [0.15, 0.2) is 24.5 Å². The average Bonchev–Trinajstić information content (AvgIpc) is 3.03. The standard InChI is InChI=1S/C17H25N3O2/c1-13(2)20-9-15-10-22-12-17(15,11-20)6-16(21)19-8-14-4-3-5-18-7-14/h3-5,7,13,15H,6,8-12H2,1-2H3,(H,19,21)/t15-,17+/m1/s1. The smallest absolute Gasteiger partial charge is 0.220 e. The molecule has 22 heavy (non-hydrogen) atoms. The lowest BCUT2D eigenvalue weighted by Gasteiger charge is -2.27. The molecule has 2 fully saturated rings. The molecule has 5 heteroatoms. The first-order chi connectivity index (χ1) is 10.6. The summed E-state index contributed by atoms with van der Waals surface area (Å²) in [4.78, 5) is 18.9. The fourth-order valence-electron chi connectivity index (χ4n) is 3.60. The fourth-order valence-corrected chi connectivity index (χ4v) is 3.60. The molecule has 3 rings (SSSR count). The van der Waals surface area contributed by atoms with E-state index < -0.39 is 0 Å². The van der Waals surface area contributed by atoms with E-state index >= 15 is 0 Å². The molecule has 1 aromatic rings. The maximum Gasteiger partial charge on any atom is 0.220 e. The third kappa shape index (κ3) is 3.15. The van der Waals surface area contributed by atoms with Gasteiger partial charge in [-0.1, -0.05) is 6.07 Å². The van der Waals surface area contributed by atoms with Crippen LogP contribution in [0, 0.1) is 11.3 Å². The van der Waals surface area contributed by atoms with Crippen molar-refractivity contribution in [2.24, 2.45) is 11.3 Å². The van der Waals surface area contributed by atoms with Crippen LogP contribution in [0.4, 0.5) is 0 Å². The van der Waals surface area contributed by atoms with Crippen molar-refractivity contribution in [3.05, 3.63) is 30.1 Å². The van der Waals surface area contributed by atoms with Crippen molar-refractivity contribution < 1.29 is 9.53 Å². The van der Waals surface area contributed by atoms with E-state index in [2.05, 4.69) is 29.0 Å². The number of nitrogens with one attached hydrogen (secondary N) is 1. The Morgan fingerprint density at radius 1 is 1.59 bits per heavy atom. The molecule has 0 saturated carbocycles. The number of ether oxygens (including phenoxy) is 1. The van der Waals surface area contributed by atoms with Gasteiger partial charge in [0.2, 0.25) is 5.91 Å². The second kappa shape index (κ2) is 6.34. The SMILES string of the molecule is CC(C)N1C[C@@H]2COC[C@]2(CC(=O)NCc2cccnc2)C1. The van der Waals surface area contributed by atoms with Crippen molar-refractivity contribution in [2.75, 3.05) is 26.3 Å². The van der Waals surface area contributed by atoms with E-state index in [9.17, 15) is 4.79 Å². The molecule has 2 saturated heterocycles. The Morgan fingerprint density at radius 2 is 2.45 bits per heavy atom. The van der Waals surface area contributed by atoms with Crippen LogP contribution in [-0.4, -0.2) is 48.1 Å². The van der Waals surface area contributed by atoms with Crippen molar-refractivity contribution in [1.29, 1.82) is 0 Å². The minimum absolute atomic E-state index is 0.00327. The zero-order valence-electron chi connectivity index (χ0n) is 13.4. The molecular weight excluding hydrogens is 278 g/mol. The lowest BCUT2D eigenvalue weighted by molar-refractivity contribution is -0.123. The third-order valence-corrected chi connectivity index (χ3v) is 5.00. The fraction of sp³-hybridized carbons (Fsp3) is 0.647. The number of hydrogen-bond acceptors (Lipinski definition) is 4. The molecule has 0 radical (unpaired) electrons. The molecule has 2 aliphatic rings. The first-order valence-electron chi connectivity index (χ1n) is 8.06. The van der Waals surface area contributed by atoms with Crippen molar-refractivity contribution in [3.8, 4) is 0 Å². The lowest BCUT2D eigenvalue weighted by atomic mass is 9.78. The van der Waals surface area contributed by atoms with Gasteiger partial charge in [-0.25, -0.2) is 0 Å². The van der Waals surface area contributed by atoms with Gasteiger partial charge in [-0.3, -0.25) is 14.7 Å². The van der Waals surface area contributed by atoms with E-state index in [0.29, 0.717) is 31.5 Å². The van der Waals surface area contributed by atoms with Gasteiger partial charge in [-0.15, -0.1) is 0 Å². The molecule has 2 atom stereocenters. The molecule has 1 amide bonds. The third-order valence-electron chi connectivity index (χ3n) is 5.00. The second-order valence-electron chi connectivity index (χ2n) is 6.91. The molecule has 120 valence electrons. The van der Waals surface area contributed by atoms with E-state index in [-0.39, 0.29) is 11.3 Å². The van der Waals surface area contributed by atoms with Gasteiger partial charge in [-0.2, -0.15) is 0 Å². The summed E-state index contributed by atoms with van der Waals surface area (Å²) in [5, 5.41) is 3.02. The summed E-state index contributed by atoms with van der Waals surface area (Å²) in [6.45, 7) is 8.50. The monoisotopic (exact) mass is 303 g/mol. The average molecular weight is 303 g/mol. The van der Waals surface area contributed by atoms with Crippen LogP contribution < -0.4 is 5.32 Å². The van der Waals surface area contributed by atoms with E-state index in [4.69, 9.17) is 4.74 Å². The first kappa shape index (κ1) is 15.4.